The van der Waals surface area contributed by atoms with Crippen molar-refractivity contribution in [3.63, 3.8) is 0 Å². The van der Waals surface area contributed by atoms with Gasteiger partial charge in [0.05, 0.1) is 0 Å². The van der Waals surface area contributed by atoms with Crippen molar-refractivity contribution in [1.29, 1.82) is 0 Å². The number of likely N-dealkylation sites (N-methyl/N-ethyl adjacent to an activating group) is 1. The van der Waals surface area contributed by atoms with E-state index in [2.05, 4.69) is 41.5 Å². The lowest BCUT2D eigenvalue weighted by Crippen LogP contribution is -2.48. The lowest BCUT2D eigenvalue weighted by Gasteiger charge is -2.32. The Morgan fingerprint density at radius 2 is 2.10 bits per heavy atom. The fraction of sp³-hybridized carbons (Fsp3) is 0.562. The highest BCUT2D eigenvalue weighted by atomic mass is 16.1. The number of nitrogens with zero attached hydrogens (tertiary/aromatic N) is 1. The van der Waals surface area contributed by atoms with Gasteiger partial charge < -0.3 is 15.5 Å². The van der Waals surface area contributed by atoms with Gasteiger partial charge in [0, 0.05) is 36.7 Å². The van der Waals surface area contributed by atoms with Crippen LogP contribution < -0.4 is 10.6 Å². The largest absolute Gasteiger partial charge is 0.384 e. The molecule has 4 heteroatoms. The molecule has 1 heterocycles. The van der Waals surface area contributed by atoms with Crippen LogP contribution in [0.1, 0.15) is 31.7 Å². The smallest absolute Gasteiger partial charge is 0.220 e. The molecule has 1 atom stereocenters. The highest BCUT2D eigenvalue weighted by Gasteiger charge is 2.25. The third-order valence-corrected chi connectivity index (χ3v) is 4.30. The van der Waals surface area contributed by atoms with E-state index < -0.39 is 0 Å². The summed E-state index contributed by atoms with van der Waals surface area (Å²) >= 11 is 0. The summed E-state index contributed by atoms with van der Waals surface area (Å²) in [5, 5.41) is 6.41. The standard InChI is InChI=1S/C16H25N3O/c1-16(2,19(3)4)11-18-15(20)9-12-10-17-14-8-6-5-7-13(12)14/h5-8,12,17H,9-11H2,1-4H3,(H,18,20). The lowest BCUT2D eigenvalue weighted by molar-refractivity contribution is -0.121. The van der Waals surface area contributed by atoms with E-state index in [4.69, 9.17) is 0 Å². The summed E-state index contributed by atoms with van der Waals surface area (Å²) < 4.78 is 0. The molecule has 1 aliphatic rings. The van der Waals surface area contributed by atoms with Crippen molar-refractivity contribution < 1.29 is 4.79 Å². The van der Waals surface area contributed by atoms with Crippen molar-refractivity contribution in [2.24, 2.45) is 0 Å². The van der Waals surface area contributed by atoms with Crippen molar-refractivity contribution in [1.82, 2.24) is 10.2 Å². The highest BCUT2D eigenvalue weighted by molar-refractivity contribution is 5.78. The van der Waals surface area contributed by atoms with Crippen LogP contribution in [0.4, 0.5) is 5.69 Å². The quantitative estimate of drug-likeness (QED) is 0.864. The maximum atomic E-state index is 12.1. The van der Waals surface area contributed by atoms with Gasteiger partial charge in [-0.15, -0.1) is 0 Å². The summed E-state index contributed by atoms with van der Waals surface area (Å²) in [7, 11) is 4.06. The lowest BCUT2D eigenvalue weighted by atomic mass is 9.97. The van der Waals surface area contributed by atoms with Gasteiger partial charge in [-0.1, -0.05) is 18.2 Å². The molecule has 0 fully saturated rings. The molecular formula is C16H25N3O. The number of amides is 1. The van der Waals surface area contributed by atoms with Crippen LogP contribution in [0, 0.1) is 0 Å². The molecule has 0 bridgehead atoms. The second kappa shape index (κ2) is 5.83. The van der Waals surface area contributed by atoms with Gasteiger partial charge in [-0.05, 0) is 39.6 Å². The number of hydrogen-bond acceptors (Lipinski definition) is 3. The maximum Gasteiger partial charge on any atom is 0.220 e. The summed E-state index contributed by atoms with van der Waals surface area (Å²) in [6.07, 6.45) is 0.549. The topological polar surface area (TPSA) is 44.4 Å². The maximum absolute atomic E-state index is 12.1. The minimum atomic E-state index is -0.0263. The van der Waals surface area contributed by atoms with Crippen molar-refractivity contribution in [3.8, 4) is 0 Å². The predicted molar refractivity (Wildman–Crippen MR) is 83.1 cm³/mol. The molecule has 110 valence electrons. The molecule has 0 saturated carbocycles. The van der Waals surface area contributed by atoms with Crippen molar-refractivity contribution in [2.45, 2.75) is 31.7 Å². The van der Waals surface area contributed by atoms with Crippen LogP contribution in [-0.4, -0.2) is 43.5 Å². The second-order valence-electron chi connectivity index (χ2n) is 6.35. The molecule has 0 radical (unpaired) electrons. The van der Waals surface area contributed by atoms with Crippen LogP contribution in [0.2, 0.25) is 0 Å². The van der Waals surface area contributed by atoms with Crippen LogP contribution in [0.3, 0.4) is 0 Å². The third-order valence-electron chi connectivity index (χ3n) is 4.30. The Hall–Kier alpha value is -1.55. The van der Waals surface area contributed by atoms with Gasteiger partial charge in [0.15, 0.2) is 0 Å². The Kier molecular flexibility index (Phi) is 4.33. The molecule has 0 aromatic heterocycles. The first-order chi connectivity index (χ1) is 9.40. The molecular weight excluding hydrogens is 250 g/mol. The Bertz CT molecular complexity index is 482. The van der Waals surface area contributed by atoms with Crippen molar-refractivity contribution >= 4 is 11.6 Å². The van der Waals surface area contributed by atoms with Crippen molar-refractivity contribution in [2.75, 3.05) is 32.5 Å². The van der Waals surface area contributed by atoms with Crippen LogP contribution in [0.5, 0.6) is 0 Å². The number of carbonyl (C=O) groups excluding carboxylic acids is 1. The van der Waals surface area contributed by atoms with E-state index in [0.29, 0.717) is 13.0 Å². The molecule has 1 aliphatic heterocycles. The average Bonchev–Trinajstić information content (AvgIpc) is 2.80. The molecule has 1 aromatic rings. The number of nitrogens with one attached hydrogen (secondary N) is 2. The van der Waals surface area contributed by atoms with Crippen molar-refractivity contribution in [3.05, 3.63) is 29.8 Å². The summed E-state index contributed by atoms with van der Waals surface area (Å²) in [5.74, 6) is 0.414. The van der Waals surface area contributed by atoms with Crippen LogP contribution in [0.25, 0.3) is 0 Å². The minimum Gasteiger partial charge on any atom is -0.384 e. The van der Waals surface area contributed by atoms with Gasteiger partial charge in [-0.3, -0.25) is 4.79 Å². The third kappa shape index (κ3) is 3.31. The predicted octanol–water partition coefficient (Wildman–Crippen LogP) is 2.04. The second-order valence-corrected chi connectivity index (χ2v) is 6.35. The van der Waals surface area contributed by atoms with Crippen LogP contribution >= 0.6 is 0 Å². The number of anilines is 1. The van der Waals surface area contributed by atoms with Crippen LogP contribution in [-0.2, 0) is 4.79 Å². The molecule has 0 spiro atoms. The van der Waals surface area contributed by atoms with Gasteiger partial charge in [-0.2, -0.15) is 0 Å². The van der Waals surface area contributed by atoms with E-state index >= 15 is 0 Å². The number of rotatable bonds is 5. The molecule has 1 unspecified atom stereocenters. The first-order valence-corrected chi connectivity index (χ1v) is 7.17. The summed E-state index contributed by atoms with van der Waals surface area (Å²) in [4.78, 5) is 14.2. The van der Waals surface area contributed by atoms with Crippen LogP contribution in [0.15, 0.2) is 24.3 Å². The molecule has 1 amide bonds. The fourth-order valence-corrected chi connectivity index (χ4v) is 2.31. The monoisotopic (exact) mass is 275 g/mol. The number of hydrogen-bond donors (Lipinski definition) is 2. The number of para-hydroxylation sites is 1. The molecule has 1 aromatic carbocycles. The van der Waals surface area contributed by atoms with E-state index in [9.17, 15) is 4.79 Å². The Labute approximate surface area is 121 Å². The molecule has 4 nitrogen and oxygen atoms in total. The summed E-state index contributed by atoms with van der Waals surface area (Å²) in [6, 6.07) is 8.24. The van der Waals surface area contributed by atoms with E-state index in [1.165, 1.54) is 11.3 Å². The summed E-state index contributed by atoms with van der Waals surface area (Å²) in [6.45, 7) is 5.77. The first-order valence-electron chi connectivity index (χ1n) is 7.17. The summed E-state index contributed by atoms with van der Waals surface area (Å²) in [5.41, 5.74) is 2.40. The van der Waals surface area contributed by atoms with Gasteiger partial charge in [0.1, 0.15) is 0 Å². The first kappa shape index (κ1) is 14.9. The van der Waals surface area contributed by atoms with Gasteiger partial charge in [0.25, 0.3) is 0 Å². The average molecular weight is 275 g/mol. The number of carbonyl (C=O) groups is 1. The van der Waals surface area contributed by atoms with E-state index in [-0.39, 0.29) is 17.4 Å². The van der Waals surface area contributed by atoms with E-state index in [0.717, 1.165) is 6.54 Å². The zero-order valence-corrected chi connectivity index (χ0v) is 12.9. The number of benzene rings is 1. The molecule has 20 heavy (non-hydrogen) atoms. The zero-order valence-electron chi connectivity index (χ0n) is 12.9. The highest BCUT2D eigenvalue weighted by Crippen LogP contribution is 2.32. The van der Waals surface area contributed by atoms with Gasteiger partial charge >= 0.3 is 0 Å². The Morgan fingerprint density at radius 1 is 1.40 bits per heavy atom. The number of fused-ring (bicyclic) bond motifs is 1. The molecule has 2 N–H and O–H groups in total. The van der Waals surface area contributed by atoms with Gasteiger partial charge in [-0.25, -0.2) is 0 Å². The SMILES string of the molecule is CN(C)C(C)(C)CNC(=O)CC1CNc2ccccc21. The zero-order chi connectivity index (χ0) is 14.8. The Balaban J connectivity index is 1.88. The van der Waals surface area contributed by atoms with E-state index in [1.54, 1.807) is 0 Å². The normalized spacial score (nSPS) is 17.8. The van der Waals surface area contributed by atoms with E-state index in [1.807, 2.05) is 26.2 Å². The molecule has 0 saturated heterocycles. The molecule has 0 aliphatic carbocycles. The van der Waals surface area contributed by atoms with Gasteiger partial charge in [0.2, 0.25) is 5.91 Å². The fourth-order valence-electron chi connectivity index (χ4n) is 2.31. The Morgan fingerprint density at radius 3 is 2.80 bits per heavy atom. The molecule has 2 rings (SSSR count). The minimum absolute atomic E-state index is 0.0263.